The summed E-state index contributed by atoms with van der Waals surface area (Å²) in [4.78, 5) is 2.33. The van der Waals surface area contributed by atoms with Crippen LogP contribution in [0.15, 0.2) is 0 Å². The molecule has 0 aromatic carbocycles. The molecule has 13 heavy (non-hydrogen) atoms. The van der Waals surface area contributed by atoms with Gasteiger partial charge in [-0.15, -0.1) is 0 Å². The Balaban J connectivity index is 0.00000144. The molecule has 0 radical (unpaired) electrons. The third-order valence-electron chi connectivity index (χ3n) is 4.10. The molecule has 1 unspecified atom stereocenters. The van der Waals surface area contributed by atoms with E-state index in [1.165, 1.54) is 0 Å². The molecular formula is C10H23NO2. The smallest absolute Gasteiger partial charge is 0.0620 e. The first-order valence-corrected chi connectivity index (χ1v) is 4.69. The predicted molar refractivity (Wildman–Crippen MR) is 54.7 cm³/mol. The fourth-order valence-corrected chi connectivity index (χ4v) is 1.86. The highest BCUT2D eigenvalue weighted by Gasteiger charge is 2.47. The van der Waals surface area contributed by atoms with E-state index in [9.17, 15) is 5.11 Å². The van der Waals surface area contributed by atoms with E-state index in [0.717, 1.165) is 13.0 Å². The molecule has 0 amide bonds. The van der Waals surface area contributed by atoms with E-state index in [1.807, 2.05) is 0 Å². The molecule has 1 fully saturated rings. The van der Waals surface area contributed by atoms with E-state index in [4.69, 9.17) is 0 Å². The van der Waals surface area contributed by atoms with Gasteiger partial charge in [0.15, 0.2) is 0 Å². The summed E-state index contributed by atoms with van der Waals surface area (Å²) in [6.45, 7) is 9.70. The van der Waals surface area contributed by atoms with E-state index >= 15 is 0 Å². The SMILES string of the molecule is CN1CCC(O)C(C)(C)C1(C)C.O. The molecule has 1 aliphatic rings. The molecule has 0 aliphatic carbocycles. The Labute approximate surface area is 81.1 Å². The zero-order valence-electron chi connectivity index (χ0n) is 9.39. The molecule has 1 atom stereocenters. The number of aliphatic hydroxyl groups excluding tert-OH is 1. The van der Waals surface area contributed by atoms with Crippen LogP contribution < -0.4 is 0 Å². The summed E-state index contributed by atoms with van der Waals surface area (Å²) >= 11 is 0. The first-order chi connectivity index (χ1) is 5.30. The van der Waals surface area contributed by atoms with Crippen molar-refractivity contribution in [2.45, 2.75) is 45.8 Å². The number of nitrogens with zero attached hydrogens (tertiary/aromatic N) is 1. The van der Waals surface area contributed by atoms with Crippen LogP contribution in [0.2, 0.25) is 0 Å². The molecule has 0 bridgehead atoms. The van der Waals surface area contributed by atoms with Crippen LogP contribution in [0.25, 0.3) is 0 Å². The van der Waals surface area contributed by atoms with Crippen molar-refractivity contribution < 1.29 is 10.6 Å². The molecule has 0 saturated carbocycles. The maximum Gasteiger partial charge on any atom is 0.0620 e. The van der Waals surface area contributed by atoms with Crippen LogP contribution in [-0.4, -0.2) is 40.7 Å². The van der Waals surface area contributed by atoms with E-state index in [0.29, 0.717) is 0 Å². The largest absolute Gasteiger partial charge is 0.412 e. The average Bonchev–Trinajstić information content (AvgIpc) is 1.96. The van der Waals surface area contributed by atoms with Gasteiger partial charge in [0.05, 0.1) is 6.10 Å². The Kier molecular flexibility index (Phi) is 3.53. The third-order valence-corrected chi connectivity index (χ3v) is 4.10. The van der Waals surface area contributed by atoms with Gasteiger partial charge in [0.25, 0.3) is 0 Å². The molecule has 0 aromatic heterocycles. The lowest BCUT2D eigenvalue weighted by atomic mass is 9.66. The van der Waals surface area contributed by atoms with E-state index < -0.39 is 0 Å². The highest BCUT2D eigenvalue weighted by atomic mass is 16.3. The second kappa shape index (κ2) is 3.56. The van der Waals surface area contributed by atoms with Crippen molar-refractivity contribution in [1.82, 2.24) is 4.90 Å². The molecule has 1 heterocycles. The van der Waals surface area contributed by atoms with Crippen molar-refractivity contribution in [3.63, 3.8) is 0 Å². The molecule has 0 spiro atoms. The minimum Gasteiger partial charge on any atom is -0.412 e. The summed E-state index contributed by atoms with van der Waals surface area (Å²) in [6, 6.07) is 0. The van der Waals surface area contributed by atoms with Crippen LogP contribution in [0.3, 0.4) is 0 Å². The first kappa shape index (κ1) is 12.9. The first-order valence-electron chi connectivity index (χ1n) is 4.69. The average molecular weight is 189 g/mol. The molecule has 1 rings (SSSR count). The summed E-state index contributed by atoms with van der Waals surface area (Å²) in [5.74, 6) is 0. The lowest BCUT2D eigenvalue weighted by Gasteiger charge is -2.54. The van der Waals surface area contributed by atoms with Crippen LogP contribution in [-0.2, 0) is 0 Å². The minimum atomic E-state index is -0.163. The summed E-state index contributed by atoms with van der Waals surface area (Å²) in [5.41, 5.74) is 0.0741. The Morgan fingerprint density at radius 2 is 1.69 bits per heavy atom. The number of aliphatic hydroxyl groups is 1. The van der Waals surface area contributed by atoms with E-state index in [-0.39, 0.29) is 22.5 Å². The molecular weight excluding hydrogens is 166 g/mol. The topological polar surface area (TPSA) is 55.0 Å². The summed E-state index contributed by atoms with van der Waals surface area (Å²) in [7, 11) is 2.13. The van der Waals surface area contributed by atoms with Crippen molar-refractivity contribution in [3.05, 3.63) is 0 Å². The van der Waals surface area contributed by atoms with Gasteiger partial charge in [0, 0.05) is 17.5 Å². The molecule has 0 aromatic rings. The van der Waals surface area contributed by atoms with Crippen molar-refractivity contribution in [3.8, 4) is 0 Å². The highest BCUT2D eigenvalue weighted by molar-refractivity contribution is 5.01. The van der Waals surface area contributed by atoms with E-state index in [1.54, 1.807) is 0 Å². The van der Waals surface area contributed by atoms with Gasteiger partial charge in [0.1, 0.15) is 0 Å². The number of rotatable bonds is 0. The molecule has 3 N–H and O–H groups in total. The molecule has 1 saturated heterocycles. The van der Waals surface area contributed by atoms with Gasteiger partial charge in [0.2, 0.25) is 0 Å². The fraction of sp³-hybridized carbons (Fsp3) is 1.00. The molecule has 3 nitrogen and oxygen atoms in total. The maximum absolute atomic E-state index is 9.86. The Morgan fingerprint density at radius 1 is 1.23 bits per heavy atom. The third kappa shape index (κ3) is 1.73. The van der Waals surface area contributed by atoms with Gasteiger partial charge < -0.3 is 15.5 Å². The van der Waals surface area contributed by atoms with Gasteiger partial charge in [-0.3, -0.25) is 0 Å². The van der Waals surface area contributed by atoms with Crippen LogP contribution in [0.5, 0.6) is 0 Å². The Morgan fingerprint density at radius 3 is 2.08 bits per heavy atom. The van der Waals surface area contributed by atoms with Crippen molar-refractivity contribution in [1.29, 1.82) is 0 Å². The van der Waals surface area contributed by atoms with Crippen LogP contribution >= 0.6 is 0 Å². The van der Waals surface area contributed by atoms with Gasteiger partial charge in [-0.2, -0.15) is 0 Å². The summed E-state index contributed by atoms with van der Waals surface area (Å²) < 4.78 is 0. The van der Waals surface area contributed by atoms with Gasteiger partial charge >= 0.3 is 0 Å². The van der Waals surface area contributed by atoms with E-state index in [2.05, 4.69) is 39.6 Å². The highest BCUT2D eigenvalue weighted by Crippen LogP contribution is 2.42. The fourth-order valence-electron chi connectivity index (χ4n) is 1.86. The zero-order valence-corrected chi connectivity index (χ0v) is 9.39. The normalized spacial score (nSPS) is 32.3. The standard InChI is InChI=1S/C10H21NO.H2O/c1-9(2)8(12)6-7-11(5)10(9,3)4;/h8,12H,6-7H2,1-5H3;1H2. The second-order valence-electron chi connectivity index (χ2n) is 5.01. The molecule has 1 aliphatic heterocycles. The molecule has 80 valence electrons. The Bertz CT molecular complexity index is 158. The van der Waals surface area contributed by atoms with Crippen LogP contribution in [0, 0.1) is 5.41 Å². The quantitative estimate of drug-likeness (QED) is 0.608. The lowest BCUT2D eigenvalue weighted by molar-refractivity contribution is -0.103. The van der Waals surface area contributed by atoms with Crippen LogP contribution in [0.1, 0.15) is 34.1 Å². The number of hydrogen-bond acceptors (Lipinski definition) is 2. The van der Waals surface area contributed by atoms with Gasteiger partial charge in [-0.25, -0.2) is 0 Å². The van der Waals surface area contributed by atoms with Gasteiger partial charge in [-0.05, 0) is 27.3 Å². The lowest BCUT2D eigenvalue weighted by Crippen LogP contribution is -2.61. The zero-order chi connectivity index (χ0) is 9.57. The van der Waals surface area contributed by atoms with Crippen LogP contribution in [0.4, 0.5) is 0 Å². The van der Waals surface area contributed by atoms with Gasteiger partial charge in [-0.1, -0.05) is 13.8 Å². The number of hydrogen-bond donors (Lipinski definition) is 1. The van der Waals surface area contributed by atoms with Crippen molar-refractivity contribution in [2.75, 3.05) is 13.6 Å². The number of likely N-dealkylation sites (tertiary alicyclic amines) is 1. The Hall–Kier alpha value is -0.120. The monoisotopic (exact) mass is 189 g/mol. The molecule has 3 heteroatoms. The minimum absolute atomic E-state index is 0. The maximum atomic E-state index is 9.86. The summed E-state index contributed by atoms with van der Waals surface area (Å²) in [6.07, 6.45) is 0.733. The summed E-state index contributed by atoms with van der Waals surface area (Å²) in [5, 5.41) is 9.86. The predicted octanol–water partition coefficient (Wildman–Crippen LogP) is 0.663. The number of piperidine rings is 1. The second-order valence-corrected chi connectivity index (χ2v) is 5.01. The van der Waals surface area contributed by atoms with Crippen molar-refractivity contribution in [2.24, 2.45) is 5.41 Å². The van der Waals surface area contributed by atoms with Crippen molar-refractivity contribution >= 4 is 0 Å².